The second-order valence-corrected chi connectivity index (χ2v) is 4.66. The minimum absolute atomic E-state index is 0.495. The maximum atomic E-state index is 12.1. The normalized spacial score (nSPS) is 22.7. The van der Waals surface area contributed by atoms with Gasteiger partial charge in [0.05, 0.1) is 15.0 Å². The zero-order valence-corrected chi connectivity index (χ0v) is 11.5. The predicted molar refractivity (Wildman–Crippen MR) is 72.9 cm³/mol. The first kappa shape index (κ1) is 8.09. The molecule has 0 radical (unpaired) electrons. The van der Waals surface area contributed by atoms with Crippen LogP contribution in [0, 0.1) is 5.89 Å². The highest BCUT2D eigenvalue weighted by atomic mass is 16.6. The fourth-order valence-corrected chi connectivity index (χ4v) is 0.984. The minimum atomic E-state index is -3.48. The highest BCUT2D eigenvalue weighted by Crippen LogP contribution is 2.08. The van der Waals surface area contributed by atoms with Gasteiger partial charge in [0.2, 0.25) is 0 Å². The van der Waals surface area contributed by atoms with E-state index in [1.54, 1.807) is 0 Å². The summed E-state index contributed by atoms with van der Waals surface area (Å²) in [4.78, 5) is 23.3. The molecular weight excluding hydrogens is 248 g/mol. The van der Waals surface area contributed by atoms with Crippen molar-refractivity contribution in [3.63, 3.8) is 0 Å². The molecule has 1 amide bonds. The monoisotopic (exact) mass is 282 g/mol. The number of hydrogen-bond donors (Lipinski definition) is 2. The molecule has 0 heterocycles. The molecule has 0 aliphatic rings. The lowest BCUT2D eigenvalue weighted by molar-refractivity contribution is -0.139. The van der Waals surface area contributed by atoms with Gasteiger partial charge in [0.25, 0.3) is 0 Å². The highest BCUT2D eigenvalue weighted by Gasteiger charge is 2.21. The summed E-state index contributed by atoms with van der Waals surface area (Å²) < 4.78 is 71.1. The molecule has 2 N–H and O–H groups in total. The van der Waals surface area contributed by atoms with Crippen LogP contribution in [0.4, 0.5) is 4.79 Å². The number of ether oxygens (including phenoxy) is 2. The fourth-order valence-electron chi connectivity index (χ4n) is 0.984. The molecular formula is C13H26N2O4. The summed E-state index contributed by atoms with van der Waals surface area (Å²) in [5.74, 6) is -4.21. The first-order chi connectivity index (χ1) is 11.8. The number of amides is 1. The van der Waals surface area contributed by atoms with Gasteiger partial charge >= 0.3 is 12.1 Å². The van der Waals surface area contributed by atoms with Gasteiger partial charge in [-0.25, -0.2) is 4.79 Å². The van der Waals surface area contributed by atoms with Crippen molar-refractivity contribution < 1.29 is 30.0 Å². The average Bonchev–Trinajstić information content (AvgIpc) is 2.41. The SMILES string of the molecule is [2H]C([2H])([2H])C([2H])(C([2H])([2H])[2H])C([2H])(CNCC(=O)OC)NC(=O)OC(C)(C)C. The first-order valence-electron chi connectivity index (χ1n) is 9.59. The van der Waals surface area contributed by atoms with Gasteiger partial charge in [0.15, 0.2) is 0 Å². The quantitative estimate of drug-likeness (QED) is 0.718. The predicted octanol–water partition coefficient (Wildman–Crippen LogP) is 1.30. The molecule has 1 atom stereocenters. The lowest BCUT2D eigenvalue weighted by Gasteiger charge is -2.25. The molecule has 0 aromatic rings. The molecule has 0 aromatic heterocycles. The van der Waals surface area contributed by atoms with E-state index in [9.17, 15) is 9.59 Å². The van der Waals surface area contributed by atoms with E-state index in [0.29, 0.717) is 0 Å². The summed E-state index contributed by atoms with van der Waals surface area (Å²) in [6.07, 6.45) is -1.28. The largest absolute Gasteiger partial charge is 0.468 e. The summed E-state index contributed by atoms with van der Waals surface area (Å²) in [6.45, 7) is -3.78. The average molecular weight is 282 g/mol. The summed E-state index contributed by atoms with van der Waals surface area (Å²) in [6, 6.07) is -2.90. The zero-order valence-electron chi connectivity index (χ0n) is 19.5. The van der Waals surface area contributed by atoms with Crippen LogP contribution < -0.4 is 10.6 Å². The van der Waals surface area contributed by atoms with Crippen LogP contribution >= 0.6 is 0 Å². The van der Waals surface area contributed by atoms with E-state index in [1.807, 2.05) is 5.32 Å². The van der Waals surface area contributed by atoms with Crippen molar-refractivity contribution in [2.45, 2.75) is 46.1 Å². The molecule has 6 heteroatoms. The Morgan fingerprint density at radius 1 is 1.37 bits per heavy atom. The van der Waals surface area contributed by atoms with Gasteiger partial charge in [0.1, 0.15) is 5.60 Å². The Balaban J connectivity index is 6.00. The Morgan fingerprint density at radius 2 is 2.00 bits per heavy atom. The van der Waals surface area contributed by atoms with Crippen molar-refractivity contribution in [3.05, 3.63) is 0 Å². The number of alkyl carbamates (subject to hydrolysis) is 1. The third-order valence-corrected chi connectivity index (χ3v) is 1.75. The number of carbonyl (C=O) groups excluding carboxylic acids is 2. The second kappa shape index (κ2) is 7.99. The van der Waals surface area contributed by atoms with Crippen molar-refractivity contribution >= 4 is 12.1 Å². The van der Waals surface area contributed by atoms with E-state index >= 15 is 0 Å². The van der Waals surface area contributed by atoms with Crippen LogP contribution in [0.3, 0.4) is 0 Å². The van der Waals surface area contributed by atoms with Gasteiger partial charge in [0, 0.05) is 22.2 Å². The van der Waals surface area contributed by atoms with Gasteiger partial charge in [-0.2, -0.15) is 0 Å². The fraction of sp³-hybridized carbons (Fsp3) is 0.846. The van der Waals surface area contributed by atoms with Crippen molar-refractivity contribution in [1.82, 2.24) is 10.6 Å². The van der Waals surface area contributed by atoms with Crippen LogP contribution in [0.2, 0.25) is 0 Å². The van der Waals surface area contributed by atoms with Crippen LogP contribution in [-0.2, 0) is 14.3 Å². The number of rotatable bonds is 6. The number of carbonyl (C=O) groups is 2. The van der Waals surface area contributed by atoms with Gasteiger partial charge in [-0.3, -0.25) is 4.79 Å². The lowest BCUT2D eigenvalue weighted by Crippen LogP contribution is -2.47. The molecule has 0 spiro atoms. The Bertz CT molecular complexity index is 530. The van der Waals surface area contributed by atoms with E-state index in [1.165, 1.54) is 20.8 Å². The van der Waals surface area contributed by atoms with E-state index in [0.717, 1.165) is 7.11 Å². The van der Waals surface area contributed by atoms with Crippen LogP contribution in [0.15, 0.2) is 0 Å². The topological polar surface area (TPSA) is 76.7 Å². The van der Waals surface area contributed by atoms with Crippen molar-refractivity contribution in [2.75, 3.05) is 20.2 Å². The van der Waals surface area contributed by atoms with Crippen LogP contribution in [0.1, 0.15) is 45.4 Å². The third-order valence-electron chi connectivity index (χ3n) is 1.75. The lowest BCUT2D eigenvalue weighted by atomic mass is 10.0. The first-order valence-corrected chi connectivity index (χ1v) is 5.59. The number of esters is 1. The number of nitrogens with one attached hydrogen (secondary N) is 2. The van der Waals surface area contributed by atoms with E-state index in [2.05, 4.69) is 10.1 Å². The third kappa shape index (κ3) is 9.30. The van der Waals surface area contributed by atoms with Gasteiger partial charge in [-0.05, 0) is 26.7 Å². The smallest absolute Gasteiger partial charge is 0.407 e. The molecule has 0 fully saturated rings. The summed E-state index contributed by atoms with van der Waals surface area (Å²) in [5, 5.41) is 4.22. The molecule has 6 nitrogen and oxygen atoms in total. The second-order valence-electron chi connectivity index (χ2n) is 4.66. The highest BCUT2D eigenvalue weighted by molar-refractivity contribution is 5.71. The number of methoxy groups -OCH3 is 1. The Kier molecular flexibility index (Phi) is 3.40. The Hall–Kier alpha value is -1.30. The van der Waals surface area contributed by atoms with Crippen molar-refractivity contribution in [3.8, 4) is 0 Å². The molecule has 0 saturated heterocycles. The van der Waals surface area contributed by atoms with Gasteiger partial charge < -0.3 is 20.1 Å². The number of hydrogen-bond acceptors (Lipinski definition) is 5. The van der Waals surface area contributed by atoms with Gasteiger partial charge in [-0.15, -0.1) is 0 Å². The van der Waals surface area contributed by atoms with E-state index < -0.39 is 56.4 Å². The molecule has 0 bridgehead atoms. The maximum Gasteiger partial charge on any atom is 0.407 e. The molecule has 0 aliphatic carbocycles. The van der Waals surface area contributed by atoms with Crippen LogP contribution in [0.5, 0.6) is 0 Å². The van der Waals surface area contributed by atoms with E-state index in [4.69, 9.17) is 15.7 Å². The molecule has 0 saturated carbocycles. The van der Waals surface area contributed by atoms with Crippen LogP contribution in [0.25, 0.3) is 0 Å². The summed E-state index contributed by atoms with van der Waals surface area (Å²) in [5.41, 5.74) is -1.02. The van der Waals surface area contributed by atoms with E-state index in [-0.39, 0.29) is 0 Å². The van der Waals surface area contributed by atoms with Crippen molar-refractivity contribution in [1.29, 1.82) is 0 Å². The minimum Gasteiger partial charge on any atom is -0.468 e. The van der Waals surface area contributed by atoms with Crippen molar-refractivity contribution in [2.24, 2.45) is 5.89 Å². The molecule has 19 heavy (non-hydrogen) atoms. The Morgan fingerprint density at radius 3 is 2.47 bits per heavy atom. The summed E-state index contributed by atoms with van der Waals surface area (Å²) >= 11 is 0. The van der Waals surface area contributed by atoms with Gasteiger partial charge in [-0.1, -0.05) is 13.7 Å². The standard InChI is InChI=1S/C13H26N2O4/c1-9(2)10(7-14-8-11(16)18-6)15-12(17)19-13(3,4)5/h9-10,14H,7-8H2,1-6H3,(H,15,17)/i1D3,2D3,9D,10D. The molecule has 0 aliphatic heterocycles. The molecule has 0 rings (SSSR count). The zero-order chi connectivity index (χ0) is 21.9. The van der Waals surface area contributed by atoms with Crippen LogP contribution in [-0.4, -0.2) is 43.9 Å². The molecule has 0 aromatic carbocycles. The molecule has 1 unspecified atom stereocenters. The summed E-state index contributed by atoms with van der Waals surface area (Å²) in [7, 11) is 1.09. The molecule has 112 valence electrons. The Labute approximate surface area is 126 Å². The maximum absolute atomic E-state index is 12.1.